The number of carbonyl (C=O) groups is 2. The van der Waals surface area contributed by atoms with Crippen molar-refractivity contribution in [1.82, 2.24) is 10.2 Å². The van der Waals surface area contributed by atoms with Gasteiger partial charge in [-0.3, -0.25) is 9.59 Å². The second-order valence-electron chi connectivity index (χ2n) is 6.58. The van der Waals surface area contributed by atoms with Crippen LogP contribution in [0.15, 0.2) is 42.5 Å². The Kier molecular flexibility index (Phi) is 7.88. The van der Waals surface area contributed by atoms with Crippen molar-refractivity contribution in [2.75, 3.05) is 27.9 Å². The number of methoxy groups -OCH3 is 2. The van der Waals surface area contributed by atoms with Crippen LogP contribution in [0.25, 0.3) is 0 Å². The Bertz CT molecular complexity index is 831. The van der Waals surface area contributed by atoms with Crippen LogP contribution in [0.4, 0.5) is 0 Å². The van der Waals surface area contributed by atoms with Crippen molar-refractivity contribution in [3.63, 3.8) is 0 Å². The lowest BCUT2D eigenvalue weighted by atomic mass is 10.1. The van der Waals surface area contributed by atoms with Crippen LogP contribution in [0.3, 0.4) is 0 Å². The van der Waals surface area contributed by atoms with Crippen LogP contribution in [-0.2, 0) is 16.1 Å². The van der Waals surface area contributed by atoms with Crippen LogP contribution in [0, 0.1) is 6.92 Å². The molecular weight excluding hydrogens is 372 g/mol. The molecule has 0 aliphatic heterocycles. The van der Waals surface area contributed by atoms with Crippen LogP contribution in [0.1, 0.15) is 18.1 Å². The molecule has 156 valence electrons. The van der Waals surface area contributed by atoms with Gasteiger partial charge in [0, 0.05) is 31.8 Å². The zero-order valence-electron chi connectivity index (χ0n) is 17.5. The van der Waals surface area contributed by atoms with Crippen LogP contribution < -0.4 is 19.5 Å². The standard InChI is InChI=1S/C22H28N2O5/c1-15-8-6-7-9-17(15)13-24(16(2)22(26)23-3)21(25)14-29-20-11-18(27-4)10-19(12-20)28-5/h6-12,16H,13-14H2,1-5H3,(H,23,26). The highest BCUT2D eigenvalue weighted by Crippen LogP contribution is 2.27. The second kappa shape index (κ2) is 10.4. The number of nitrogens with one attached hydrogen (secondary N) is 1. The zero-order chi connectivity index (χ0) is 21.4. The molecule has 2 rings (SSSR count). The van der Waals surface area contributed by atoms with E-state index >= 15 is 0 Å². The van der Waals surface area contributed by atoms with E-state index < -0.39 is 6.04 Å². The van der Waals surface area contributed by atoms with Gasteiger partial charge in [-0.05, 0) is 25.0 Å². The summed E-state index contributed by atoms with van der Waals surface area (Å²) in [7, 11) is 4.63. The lowest BCUT2D eigenvalue weighted by Gasteiger charge is -2.29. The summed E-state index contributed by atoms with van der Waals surface area (Å²) in [6.45, 7) is 3.76. The van der Waals surface area contributed by atoms with E-state index in [4.69, 9.17) is 14.2 Å². The van der Waals surface area contributed by atoms with Gasteiger partial charge in [-0.25, -0.2) is 0 Å². The molecule has 0 spiro atoms. The fraction of sp³-hybridized carbons (Fsp3) is 0.364. The van der Waals surface area contributed by atoms with Gasteiger partial charge in [0.25, 0.3) is 5.91 Å². The predicted octanol–water partition coefficient (Wildman–Crippen LogP) is 2.55. The molecule has 0 heterocycles. The SMILES string of the molecule is CNC(=O)C(C)N(Cc1ccccc1C)C(=O)COc1cc(OC)cc(OC)c1. The van der Waals surface area contributed by atoms with Gasteiger partial charge in [0.05, 0.1) is 14.2 Å². The Balaban J connectivity index is 2.19. The van der Waals surface area contributed by atoms with Gasteiger partial charge >= 0.3 is 0 Å². The van der Waals surface area contributed by atoms with E-state index in [2.05, 4.69) is 5.32 Å². The van der Waals surface area contributed by atoms with Crippen LogP contribution >= 0.6 is 0 Å². The topological polar surface area (TPSA) is 77.1 Å². The smallest absolute Gasteiger partial charge is 0.261 e. The monoisotopic (exact) mass is 400 g/mol. The molecule has 0 fully saturated rings. The number of benzene rings is 2. The van der Waals surface area contributed by atoms with E-state index in [-0.39, 0.29) is 18.4 Å². The van der Waals surface area contributed by atoms with Gasteiger partial charge < -0.3 is 24.4 Å². The summed E-state index contributed by atoms with van der Waals surface area (Å²) in [6, 6.07) is 12.2. The molecule has 0 aromatic heterocycles. The first-order valence-electron chi connectivity index (χ1n) is 9.31. The Morgan fingerprint density at radius 3 is 2.17 bits per heavy atom. The quantitative estimate of drug-likeness (QED) is 0.700. The van der Waals surface area contributed by atoms with Crippen LogP contribution in [-0.4, -0.2) is 50.6 Å². The van der Waals surface area contributed by atoms with Gasteiger partial charge in [-0.15, -0.1) is 0 Å². The normalized spacial score (nSPS) is 11.3. The maximum atomic E-state index is 13.0. The molecule has 2 amide bonds. The first kappa shape index (κ1) is 22.1. The highest BCUT2D eigenvalue weighted by Gasteiger charge is 2.26. The van der Waals surface area contributed by atoms with Crippen molar-refractivity contribution in [2.24, 2.45) is 0 Å². The summed E-state index contributed by atoms with van der Waals surface area (Å²) in [5, 5.41) is 2.60. The number of aryl methyl sites for hydroxylation is 1. The lowest BCUT2D eigenvalue weighted by Crippen LogP contribution is -2.48. The third-order valence-electron chi connectivity index (χ3n) is 4.70. The van der Waals surface area contributed by atoms with E-state index in [9.17, 15) is 9.59 Å². The molecule has 0 aliphatic carbocycles. The molecule has 0 bridgehead atoms. The molecule has 2 aromatic carbocycles. The van der Waals surface area contributed by atoms with Gasteiger partial charge in [-0.2, -0.15) is 0 Å². The zero-order valence-corrected chi connectivity index (χ0v) is 17.5. The van der Waals surface area contributed by atoms with Gasteiger partial charge in [0.15, 0.2) is 6.61 Å². The highest BCUT2D eigenvalue weighted by molar-refractivity contribution is 5.87. The Morgan fingerprint density at radius 2 is 1.62 bits per heavy atom. The van der Waals surface area contributed by atoms with E-state index in [1.54, 1.807) is 46.4 Å². The molecule has 7 heteroatoms. The summed E-state index contributed by atoms with van der Waals surface area (Å²) >= 11 is 0. The molecule has 0 saturated carbocycles. The van der Waals surface area contributed by atoms with E-state index in [0.717, 1.165) is 11.1 Å². The Labute approximate surface area is 171 Å². The fourth-order valence-corrected chi connectivity index (χ4v) is 2.86. The summed E-state index contributed by atoms with van der Waals surface area (Å²) in [4.78, 5) is 26.7. The Hall–Kier alpha value is -3.22. The first-order valence-corrected chi connectivity index (χ1v) is 9.31. The number of rotatable bonds is 9. The van der Waals surface area contributed by atoms with Crippen molar-refractivity contribution in [3.8, 4) is 17.2 Å². The summed E-state index contributed by atoms with van der Waals surface area (Å²) in [6.07, 6.45) is 0. The van der Waals surface area contributed by atoms with Crippen molar-refractivity contribution < 1.29 is 23.8 Å². The summed E-state index contributed by atoms with van der Waals surface area (Å²) < 4.78 is 16.1. The fourth-order valence-electron chi connectivity index (χ4n) is 2.86. The summed E-state index contributed by atoms with van der Waals surface area (Å²) in [5.41, 5.74) is 2.02. The molecule has 0 aliphatic rings. The van der Waals surface area contributed by atoms with Gasteiger partial charge in [0.2, 0.25) is 5.91 Å². The molecule has 7 nitrogen and oxygen atoms in total. The molecule has 1 N–H and O–H groups in total. The largest absolute Gasteiger partial charge is 0.496 e. The van der Waals surface area contributed by atoms with Crippen molar-refractivity contribution in [3.05, 3.63) is 53.6 Å². The average Bonchev–Trinajstić information content (AvgIpc) is 2.75. The molecule has 1 unspecified atom stereocenters. The van der Waals surface area contributed by atoms with E-state index in [0.29, 0.717) is 23.8 Å². The van der Waals surface area contributed by atoms with E-state index in [1.165, 1.54) is 4.90 Å². The third-order valence-corrected chi connectivity index (χ3v) is 4.70. The number of carbonyl (C=O) groups excluding carboxylic acids is 2. The average molecular weight is 400 g/mol. The maximum Gasteiger partial charge on any atom is 0.261 e. The molecule has 0 saturated heterocycles. The molecular formula is C22H28N2O5. The molecule has 1 atom stereocenters. The minimum absolute atomic E-state index is 0.219. The highest BCUT2D eigenvalue weighted by atomic mass is 16.5. The minimum atomic E-state index is -0.643. The van der Waals surface area contributed by atoms with Crippen LogP contribution in [0.5, 0.6) is 17.2 Å². The Morgan fingerprint density at radius 1 is 1.03 bits per heavy atom. The van der Waals surface area contributed by atoms with Crippen molar-refractivity contribution in [1.29, 1.82) is 0 Å². The van der Waals surface area contributed by atoms with Crippen molar-refractivity contribution >= 4 is 11.8 Å². The number of likely N-dealkylation sites (N-methyl/N-ethyl adjacent to an activating group) is 1. The van der Waals surface area contributed by atoms with Gasteiger partial charge in [0.1, 0.15) is 23.3 Å². The van der Waals surface area contributed by atoms with Crippen molar-refractivity contribution in [2.45, 2.75) is 26.4 Å². The molecule has 0 radical (unpaired) electrons. The number of hydrogen-bond donors (Lipinski definition) is 1. The maximum absolute atomic E-state index is 13.0. The lowest BCUT2D eigenvalue weighted by molar-refractivity contribution is -0.142. The third kappa shape index (κ3) is 5.88. The second-order valence-corrected chi connectivity index (χ2v) is 6.58. The molecule has 2 aromatic rings. The number of ether oxygens (including phenoxy) is 3. The summed E-state index contributed by atoms with van der Waals surface area (Å²) in [5.74, 6) is 1.02. The van der Waals surface area contributed by atoms with Gasteiger partial charge in [-0.1, -0.05) is 24.3 Å². The first-order chi connectivity index (χ1) is 13.9. The number of nitrogens with zero attached hydrogens (tertiary/aromatic N) is 1. The van der Waals surface area contributed by atoms with Crippen LogP contribution in [0.2, 0.25) is 0 Å². The number of hydrogen-bond acceptors (Lipinski definition) is 5. The minimum Gasteiger partial charge on any atom is -0.496 e. The number of amides is 2. The predicted molar refractivity (Wildman–Crippen MR) is 110 cm³/mol. The van der Waals surface area contributed by atoms with E-state index in [1.807, 2.05) is 31.2 Å². The molecule has 29 heavy (non-hydrogen) atoms.